The molecule has 5 heteroatoms. The monoisotopic (exact) mass is 269 g/mol. The van der Waals surface area contributed by atoms with Crippen LogP contribution in [0.1, 0.15) is 22.4 Å². The molecule has 17 heavy (non-hydrogen) atoms. The van der Waals surface area contributed by atoms with Gasteiger partial charge in [-0.05, 0) is 25.1 Å². The van der Waals surface area contributed by atoms with E-state index in [1.54, 1.807) is 25.3 Å². The van der Waals surface area contributed by atoms with Gasteiger partial charge in [-0.1, -0.05) is 11.6 Å². The predicted octanol–water partition coefficient (Wildman–Crippen LogP) is 3.20. The van der Waals surface area contributed by atoms with Crippen LogP contribution in [0.25, 0.3) is 0 Å². The van der Waals surface area contributed by atoms with Gasteiger partial charge >= 0.3 is 0 Å². The van der Waals surface area contributed by atoms with Crippen molar-refractivity contribution in [2.45, 2.75) is 13.0 Å². The summed E-state index contributed by atoms with van der Waals surface area (Å²) in [5.74, 6) is 0.604. The van der Waals surface area contributed by atoms with E-state index in [0.717, 1.165) is 5.01 Å². The summed E-state index contributed by atoms with van der Waals surface area (Å²) in [6.07, 6.45) is -0.811. The Balaban J connectivity index is 2.42. The number of ether oxygens (including phenoxy) is 1. The van der Waals surface area contributed by atoms with Crippen molar-refractivity contribution < 1.29 is 9.84 Å². The van der Waals surface area contributed by atoms with Crippen LogP contribution in [-0.4, -0.2) is 17.2 Å². The van der Waals surface area contributed by atoms with Gasteiger partial charge in [-0.25, -0.2) is 4.98 Å². The Hall–Kier alpha value is -1.10. The smallest absolute Gasteiger partial charge is 0.125 e. The van der Waals surface area contributed by atoms with E-state index >= 15 is 0 Å². The van der Waals surface area contributed by atoms with E-state index in [9.17, 15) is 5.11 Å². The minimum atomic E-state index is -0.811. The fourth-order valence-corrected chi connectivity index (χ4v) is 2.40. The summed E-state index contributed by atoms with van der Waals surface area (Å²) >= 11 is 7.43. The molecule has 2 aromatic rings. The minimum Gasteiger partial charge on any atom is -0.496 e. The summed E-state index contributed by atoms with van der Waals surface area (Å²) in [5, 5.41) is 13.6. The fourth-order valence-electron chi connectivity index (χ4n) is 1.58. The van der Waals surface area contributed by atoms with Crippen LogP contribution in [0.5, 0.6) is 5.75 Å². The van der Waals surface area contributed by atoms with Gasteiger partial charge in [-0.2, -0.15) is 0 Å². The van der Waals surface area contributed by atoms with E-state index in [-0.39, 0.29) is 0 Å². The number of hydrogen-bond acceptors (Lipinski definition) is 4. The summed E-state index contributed by atoms with van der Waals surface area (Å²) in [6, 6.07) is 5.16. The quantitative estimate of drug-likeness (QED) is 0.930. The molecule has 0 saturated heterocycles. The molecule has 1 unspecified atom stereocenters. The SMILES string of the molecule is COc1ccc(Cl)cc1C(O)c1csc(C)n1. The second-order valence-electron chi connectivity index (χ2n) is 3.58. The van der Waals surface area contributed by atoms with Crippen molar-refractivity contribution >= 4 is 22.9 Å². The number of benzene rings is 1. The Labute approximate surface area is 109 Å². The molecule has 0 amide bonds. The van der Waals surface area contributed by atoms with Crippen LogP contribution in [0.15, 0.2) is 23.6 Å². The van der Waals surface area contributed by atoms with Crippen molar-refractivity contribution in [3.05, 3.63) is 44.9 Å². The summed E-state index contributed by atoms with van der Waals surface area (Å²) < 4.78 is 5.21. The Bertz CT molecular complexity index is 527. The molecule has 0 fully saturated rings. The van der Waals surface area contributed by atoms with E-state index in [1.807, 2.05) is 12.3 Å². The summed E-state index contributed by atoms with van der Waals surface area (Å²) in [4.78, 5) is 4.26. The molecule has 0 aliphatic carbocycles. The van der Waals surface area contributed by atoms with Crippen LogP contribution < -0.4 is 4.74 Å². The zero-order valence-corrected chi connectivity index (χ0v) is 11.0. The number of methoxy groups -OCH3 is 1. The van der Waals surface area contributed by atoms with Crippen LogP contribution in [0.4, 0.5) is 0 Å². The van der Waals surface area contributed by atoms with Gasteiger partial charge in [-0.15, -0.1) is 11.3 Å². The summed E-state index contributed by atoms with van der Waals surface area (Å²) in [7, 11) is 1.56. The molecule has 1 aromatic heterocycles. The Kier molecular flexibility index (Phi) is 3.66. The van der Waals surface area contributed by atoms with Crippen molar-refractivity contribution in [3.63, 3.8) is 0 Å². The van der Waals surface area contributed by atoms with E-state index in [2.05, 4.69) is 4.98 Å². The molecular weight excluding hydrogens is 258 g/mol. The normalized spacial score (nSPS) is 12.5. The Morgan fingerprint density at radius 2 is 2.24 bits per heavy atom. The van der Waals surface area contributed by atoms with Crippen molar-refractivity contribution in [1.82, 2.24) is 4.98 Å². The largest absolute Gasteiger partial charge is 0.496 e. The highest BCUT2D eigenvalue weighted by molar-refractivity contribution is 7.09. The van der Waals surface area contributed by atoms with E-state index < -0.39 is 6.10 Å². The Morgan fingerprint density at radius 3 is 2.82 bits per heavy atom. The molecular formula is C12H12ClNO2S. The third-order valence-corrected chi connectivity index (χ3v) is 3.43. The standard InChI is InChI=1S/C12H12ClNO2S/c1-7-14-10(6-17-7)12(15)9-5-8(13)3-4-11(9)16-2/h3-6,12,15H,1-2H3. The minimum absolute atomic E-state index is 0.562. The molecule has 0 radical (unpaired) electrons. The molecule has 2 rings (SSSR count). The number of thiazole rings is 1. The predicted molar refractivity (Wildman–Crippen MR) is 68.9 cm³/mol. The number of halogens is 1. The number of aryl methyl sites for hydroxylation is 1. The molecule has 1 N–H and O–H groups in total. The lowest BCUT2D eigenvalue weighted by Crippen LogP contribution is -2.03. The summed E-state index contributed by atoms with van der Waals surface area (Å²) in [6.45, 7) is 1.90. The van der Waals surface area contributed by atoms with E-state index in [1.165, 1.54) is 11.3 Å². The number of aromatic nitrogens is 1. The molecule has 1 aromatic carbocycles. The lowest BCUT2D eigenvalue weighted by molar-refractivity contribution is 0.210. The molecule has 1 heterocycles. The lowest BCUT2D eigenvalue weighted by atomic mass is 10.1. The van der Waals surface area contributed by atoms with Crippen molar-refractivity contribution in [2.24, 2.45) is 0 Å². The van der Waals surface area contributed by atoms with Crippen molar-refractivity contribution in [1.29, 1.82) is 0 Å². The average Bonchev–Trinajstić information content (AvgIpc) is 2.75. The maximum atomic E-state index is 10.2. The molecule has 0 saturated carbocycles. The first-order valence-electron chi connectivity index (χ1n) is 5.05. The zero-order valence-electron chi connectivity index (χ0n) is 9.48. The number of aliphatic hydroxyl groups excluding tert-OH is 1. The highest BCUT2D eigenvalue weighted by Crippen LogP contribution is 2.32. The highest BCUT2D eigenvalue weighted by atomic mass is 35.5. The van der Waals surface area contributed by atoms with Crippen LogP contribution >= 0.6 is 22.9 Å². The molecule has 0 aliphatic rings. The lowest BCUT2D eigenvalue weighted by Gasteiger charge is -2.13. The van der Waals surface area contributed by atoms with Crippen LogP contribution in [0, 0.1) is 6.92 Å². The molecule has 0 spiro atoms. The number of rotatable bonds is 3. The van der Waals surface area contributed by atoms with Gasteiger partial charge in [0.15, 0.2) is 0 Å². The number of nitrogens with zero attached hydrogens (tertiary/aromatic N) is 1. The first kappa shape index (κ1) is 12.4. The van der Waals surface area contributed by atoms with Crippen molar-refractivity contribution in [2.75, 3.05) is 7.11 Å². The van der Waals surface area contributed by atoms with Gasteiger partial charge in [0.2, 0.25) is 0 Å². The third kappa shape index (κ3) is 2.60. The van der Waals surface area contributed by atoms with Gasteiger partial charge < -0.3 is 9.84 Å². The van der Waals surface area contributed by atoms with E-state index in [0.29, 0.717) is 22.0 Å². The Morgan fingerprint density at radius 1 is 1.47 bits per heavy atom. The molecule has 0 aliphatic heterocycles. The third-order valence-electron chi connectivity index (χ3n) is 2.40. The van der Waals surface area contributed by atoms with Gasteiger partial charge in [0.05, 0.1) is 17.8 Å². The van der Waals surface area contributed by atoms with Crippen LogP contribution in [-0.2, 0) is 0 Å². The number of hydrogen-bond donors (Lipinski definition) is 1. The van der Waals surface area contributed by atoms with Gasteiger partial charge in [-0.3, -0.25) is 0 Å². The average molecular weight is 270 g/mol. The first-order chi connectivity index (χ1) is 8.11. The van der Waals surface area contributed by atoms with Crippen molar-refractivity contribution in [3.8, 4) is 5.75 Å². The van der Waals surface area contributed by atoms with Gasteiger partial charge in [0.1, 0.15) is 11.9 Å². The zero-order chi connectivity index (χ0) is 12.4. The molecule has 3 nitrogen and oxygen atoms in total. The maximum Gasteiger partial charge on any atom is 0.125 e. The topological polar surface area (TPSA) is 42.4 Å². The molecule has 1 atom stereocenters. The maximum absolute atomic E-state index is 10.2. The summed E-state index contributed by atoms with van der Waals surface area (Å²) in [5.41, 5.74) is 1.25. The second-order valence-corrected chi connectivity index (χ2v) is 5.08. The fraction of sp³-hybridized carbons (Fsp3) is 0.250. The number of aliphatic hydroxyl groups is 1. The van der Waals surface area contributed by atoms with Gasteiger partial charge in [0.25, 0.3) is 0 Å². The van der Waals surface area contributed by atoms with Gasteiger partial charge in [0, 0.05) is 16.0 Å². The molecule has 0 bridgehead atoms. The van der Waals surface area contributed by atoms with E-state index in [4.69, 9.17) is 16.3 Å². The first-order valence-corrected chi connectivity index (χ1v) is 6.31. The van der Waals surface area contributed by atoms with Crippen LogP contribution in [0.3, 0.4) is 0 Å². The second kappa shape index (κ2) is 5.04. The van der Waals surface area contributed by atoms with Crippen LogP contribution in [0.2, 0.25) is 5.02 Å². The highest BCUT2D eigenvalue weighted by Gasteiger charge is 2.18. The molecule has 90 valence electrons.